The second-order valence-electron chi connectivity index (χ2n) is 3.05. The van der Waals surface area contributed by atoms with Crippen molar-refractivity contribution in [2.75, 3.05) is 5.33 Å². The van der Waals surface area contributed by atoms with Crippen LogP contribution in [0.1, 0.15) is 33.1 Å². The number of hydrogen-bond donors (Lipinski definition) is 0. The van der Waals surface area contributed by atoms with Crippen LogP contribution in [0.5, 0.6) is 0 Å². The van der Waals surface area contributed by atoms with Crippen LogP contribution in [0.15, 0.2) is 0 Å². The fourth-order valence-electron chi connectivity index (χ4n) is 0.777. The zero-order valence-electron chi connectivity index (χ0n) is 6.74. The fraction of sp³-hybridized carbons (Fsp3) is 1.00. The smallest absolute Gasteiger partial charge is 0.0153 e. The Kier molecular flexibility index (Phi) is 7.30. The van der Waals surface area contributed by atoms with Gasteiger partial charge in [0.2, 0.25) is 0 Å². The first kappa shape index (κ1) is 11.0. The molecule has 62 valence electrons. The van der Waals surface area contributed by atoms with Gasteiger partial charge >= 0.3 is 0 Å². The Hall–Kier alpha value is 0.960. The highest BCUT2D eigenvalue weighted by Gasteiger charge is 2.03. The van der Waals surface area contributed by atoms with E-state index >= 15 is 0 Å². The summed E-state index contributed by atoms with van der Waals surface area (Å²) in [5.41, 5.74) is 0. The summed E-state index contributed by atoms with van der Waals surface area (Å²) in [4.78, 5) is 0.717. The van der Waals surface area contributed by atoms with Crippen molar-refractivity contribution < 1.29 is 0 Å². The molecule has 0 aliphatic rings. The van der Waals surface area contributed by atoms with Crippen LogP contribution in [0.2, 0.25) is 0 Å². The summed E-state index contributed by atoms with van der Waals surface area (Å²) < 4.78 is 0. The maximum atomic E-state index is 3.64. The van der Waals surface area contributed by atoms with Gasteiger partial charge in [0, 0.05) is 10.2 Å². The van der Waals surface area contributed by atoms with Crippen LogP contribution in [-0.2, 0) is 0 Å². The fourth-order valence-corrected chi connectivity index (χ4v) is 2.44. The van der Waals surface area contributed by atoms with Gasteiger partial charge in [-0.2, -0.15) is 0 Å². The Labute approximate surface area is 81.0 Å². The normalized spacial score (nSPS) is 14.1. The molecule has 0 rings (SSSR count). The lowest BCUT2D eigenvalue weighted by atomic mass is 10.1. The molecule has 0 aliphatic carbocycles. The zero-order chi connectivity index (χ0) is 7.98. The number of hydrogen-bond acceptors (Lipinski definition) is 0. The first-order valence-electron chi connectivity index (χ1n) is 3.86. The van der Waals surface area contributed by atoms with Crippen molar-refractivity contribution in [1.29, 1.82) is 0 Å². The van der Waals surface area contributed by atoms with Crippen LogP contribution in [0.4, 0.5) is 0 Å². The van der Waals surface area contributed by atoms with Crippen LogP contribution in [0.3, 0.4) is 0 Å². The van der Waals surface area contributed by atoms with E-state index < -0.39 is 0 Å². The molecule has 10 heavy (non-hydrogen) atoms. The first-order valence-corrected chi connectivity index (χ1v) is 5.90. The van der Waals surface area contributed by atoms with Gasteiger partial charge in [0.15, 0.2) is 0 Å². The molecule has 0 aromatic rings. The largest absolute Gasteiger partial charge is 0.0928 e. The summed E-state index contributed by atoms with van der Waals surface area (Å²) in [7, 11) is 0. The lowest BCUT2D eigenvalue weighted by molar-refractivity contribution is 0.545. The topological polar surface area (TPSA) is 0 Å². The molecular formula is C8H16Br2. The minimum absolute atomic E-state index is 0.717. The van der Waals surface area contributed by atoms with Gasteiger partial charge in [0.25, 0.3) is 0 Å². The highest BCUT2D eigenvalue weighted by Crippen LogP contribution is 2.16. The Bertz CT molecular complexity index is 71.7. The predicted octanol–water partition coefficient (Wildman–Crippen LogP) is 3.97. The second kappa shape index (κ2) is 6.66. The third-order valence-electron chi connectivity index (χ3n) is 1.48. The third kappa shape index (κ3) is 7.07. The van der Waals surface area contributed by atoms with E-state index in [0.717, 1.165) is 11.2 Å². The van der Waals surface area contributed by atoms with E-state index in [1.807, 2.05) is 0 Å². The maximum Gasteiger partial charge on any atom is 0.0153 e. The molecule has 1 atom stereocenters. The average molecular weight is 272 g/mol. The molecule has 0 saturated heterocycles. The molecule has 2 heteroatoms. The summed E-state index contributed by atoms with van der Waals surface area (Å²) >= 11 is 7.06. The van der Waals surface area contributed by atoms with Gasteiger partial charge in [0.05, 0.1) is 0 Å². The quantitative estimate of drug-likeness (QED) is 0.664. The van der Waals surface area contributed by atoms with Gasteiger partial charge in [-0.05, 0) is 25.2 Å². The molecule has 1 unspecified atom stereocenters. The van der Waals surface area contributed by atoms with Crippen LogP contribution < -0.4 is 0 Å². The van der Waals surface area contributed by atoms with Gasteiger partial charge in [-0.25, -0.2) is 0 Å². The average Bonchev–Trinajstić information content (AvgIpc) is 1.85. The van der Waals surface area contributed by atoms with Gasteiger partial charge in [-0.15, -0.1) is 0 Å². The molecule has 0 nitrogen and oxygen atoms in total. The Morgan fingerprint density at radius 2 is 1.70 bits per heavy atom. The second-order valence-corrected chi connectivity index (χ2v) is 5.13. The highest BCUT2D eigenvalue weighted by atomic mass is 79.9. The van der Waals surface area contributed by atoms with Crippen LogP contribution >= 0.6 is 31.9 Å². The van der Waals surface area contributed by atoms with E-state index in [-0.39, 0.29) is 0 Å². The number of halogens is 2. The monoisotopic (exact) mass is 270 g/mol. The molecule has 0 fully saturated rings. The van der Waals surface area contributed by atoms with E-state index in [2.05, 4.69) is 45.7 Å². The molecule has 0 saturated carbocycles. The van der Waals surface area contributed by atoms with Gasteiger partial charge in [0.1, 0.15) is 0 Å². The van der Waals surface area contributed by atoms with Crippen molar-refractivity contribution >= 4 is 31.9 Å². The molecule has 0 amide bonds. The Morgan fingerprint density at radius 3 is 2.10 bits per heavy atom. The summed E-state index contributed by atoms with van der Waals surface area (Å²) in [6.07, 6.45) is 3.89. The van der Waals surface area contributed by atoms with Crippen LogP contribution in [0.25, 0.3) is 0 Å². The summed E-state index contributed by atoms with van der Waals surface area (Å²) in [5, 5.41) is 1.11. The number of alkyl halides is 2. The maximum absolute atomic E-state index is 3.64. The predicted molar refractivity (Wildman–Crippen MR) is 55.2 cm³/mol. The van der Waals surface area contributed by atoms with Crippen molar-refractivity contribution in [3.63, 3.8) is 0 Å². The summed E-state index contributed by atoms with van der Waals surface area (Å²) in [6.45, 7) is 4.54. The van der Waals surface area contributed by atoms with Gasteiger partial charge < -0.3 is 0 Å². The molecule has 0 spiro atoms. The van der Waals surface area contributed by atoms with Crippen molar-refractivity contribution in [2.24, 2.45) is 5.92 Å². The first-order chi connectivity index (χ1) is 4.66. The van der Waals surface area contributed by atoms with E-state index in [4.69, 9.17) is 0 Å². The molecule has 0 N–H and O–H groups in total. The molecule has 0 aliphatic heterocycles. The van der Waals surface area contributed by atoms with Crippen molar-refractivity contribution in [3.05, 3.63) is 0 Å². The minimum atomic E-state index is 0.717. The Morgan fingerprint density at radius 1 is 1.10 bits per heavy atom. The van der Waals surface area contributed by atoms with Crippen LogP contribution in [0, 0.1) is 5.92 Å². The summed E-state index contributed by atoms with van der Waals surface area (Å²) in [6, 6.07) is 0. The van der Waals surface area contributed by atoms with Crippen LogP contribution in [-0.4, -0.2) is 10.2 Å². The SMILES string of the molecule is CC(C)CCC(Br)CCBr. The molecule has 0 radical (unpaired) electrons. The Balaban J connectivity index is 3.12. The lowest BCUT2D eigenvalue weighted by Gasteiger charge is -2.08. The van der Waals surface area contributed by atoms with E-state index in [0.29, 0.717) is 4.83 Å². The molecular weight excluding hydrogens is 256 g/mol. The molecule has 0 aromatic heterocycles. The van der Waals surface area contributed by atoms with E-state index in [1.165, 1.54) is 19.3 Å². The molecule has 0 bridgehead atoms. The molecule has 0 heterocycles. The highest BCUT2D eigenvalue weighted by molar-refractivity contribution is 9.10. The van der Waals surface area contributed by atoms with Gasteiger partial charge in [-0.1, -0.05) is 45.7 Å². The van der Waals surface area contributed by atoms with Crippen molar-refractivity contribution in [2.45, 2.75) is 37.9 Å². The van der Waals surface area contributed by atoms with Crippen molar-refractivity contribution in [3.8, 4) is 0 Å². The van der Waals surface area contributed by atoms with E-state index in [9.17, 15) is 0 Å². The summed E-state index contributed by atoms with van der Waals surface area (Å²) in [5.74, 6) is 0.843. The number of rotatable bonds is 5. The zero-order valence-corrected chi connectivity index (χ0v) is 9.91. The third-order valence-corrected chi connectivity index (χ3v) is 2.85. The van der Waals surface area contributed by atoms with Gasteiger partial charge in [-0.3, -0.25) is 0 Å². The van der Waals surface area contributed by atoms with Crippen molar-refractivity contribution in [1.82, 2.24) is 0 Å². The van der Waals surface area contributed by atoms with E-state index in [1.54, 1.807) is 0 Å². The standard InChI is InChI=1S/C8H16Br2/c1-7(2)3-4-8(10)5-6-9/h7-8H,3-6H2,1-2H3. The minimum Gasteiger partial charge on any atom is -0.0928 e. The molecule has 0 aromatic carbocycles. The lowest BCUT2D eigenvalue weighted by Crippen LogP contribution is -2.00.